The summed E-state index contributed by atoms with van der Waals surface area (Å²) in [7, 11) is 1.44. The average molecular weight is 485 g/mol. The molecule has 0 atom stereocenters. The lowest BCUT2D eigenvalue weighted by Crippen LogP contribution is -2.36. The van der Waals surface area contributed by atoms with Gasteiger partial charge < -0.3 is 14.2 Å². The fraction of sp³-hybridized carbons (Fsp3) is 0.893. The molecule has 0 aromatic heterocycles. The predicted octanol–water partition coefficient (Wildman–Crippen LogP) is 7.31. The molecule has 0 amide bonds. The van der Waals surface area contributed by atoms with Crippen molar-refractivity contribution < 1.29 is 28.6 Å². The Labute approximate surface area is 208 Å². The average Bonchev–Trinajstić information content (AvgIpc) is 2.70. The number of hydrogen-bond donors (Lipinski definition) is 0. The zero-order valence-electron chi connectivity index (χ0n) is 23.1. The molecule has 0 saturated carbocycles. The summed E-state index contributed by atoms with van der Waals surface area (Å²) in [6.45, 7) is 10.9. The second-order valence-electron chi connectivity index (χ2n) is 11.3. The Balaban J connectivity index is 3.91. The van der Waals surface area contributed by atoms with Gasteiger partial charge in [-0.25, -0.2) is 0 Å². The molecular formula is C28H52O6. The summed E-state index contributed by atoms with van der Waals surface area (Å²) in [4.78, 5) is 36.1. The molecule has 0 fully saturated rings. The van der Waals surface area contributed by atoms with Crippen LogP contribution in [0, 0.1) is 5.92 Å². The van der Waals surface area contributed by atoms with Crippen LogP contribution in [0.3, 0.4) is 0 Å². The molecule has 0 bridgehead atoms. The van der Waals surface area contributed by atoms with Crippen molar-refractivity contribution >= 4 is 17.9 Å². The minimum Gasteiger partial charge on any atom is -0.469 e. The van der Waals surface area contributed by atoms with Crippen LogP contribution >= 0.6 is 0 Å². The van der Waals surface area contributed by atoms with Gasteiger partial charge in [-0.15, -0.1) is 0 Å². The molecule has 0 radical (unpaired) electrons. The lowest BCUT2D eigenvalue weighted by atomic mass is 9.99. The van der Waals surface area contributed by atoms with E-state index in [1.54, 1.807) is 0 Å². The maximum atomic E-state index is 12.5. The van der Waals surface area contributed by atoms with Crippen LogP contribution in [0.2, 0.25) is 0 Å². The Morgan fingerprint density at radius 1 is 0.559 bits per heavy atom. The summed E-state index contributed by atoms with van der Waals surface area (Å²) in [6, 6.07) is 0. The van der Waals surface area contributed by atoms with E-state index < -0.39 is 29.1 Å². The zero-order valence-corrected chi connectivity index (χ0v) is 23.1. The van der Waals surface area contributed by atoms with Crippen molar-refractivity contribution in [3.63, 3.8) is 0 Å². The number of methoxy groups -OCH3 is 1. The summed E-state index contributed by atoms with van der Waals surface area (Å²) in [5, 5.41) is 0. The largest absolute Gasteiger partial charge is 0.469 e. The highest BCUT2D eigenvalue weighted by molar-refractivity contribution is 5.95. The second-order valence-corrected chi connectivity index (χ2v) is 11.3. The first kappa shape index (κ1) is 32.4. The van der Waals surface area contributed by atoms with Gasteiger partial charge in [-0.05, 0) is 54.4 Å². The van der Waals surface area contributed by atoms with E-state index in [4.69, 9.17) is 9.47 Å². The van der Waals surface area contributed by atoms with E-state index in [9.17, 15) is 14.4 Å². The van der Waals surface area contributed by atoms with Crippen LogP contribution in [-0.4, -0.2) is 36.2 Å². The van der Waals surface area contributed by atoms with Crippen LogP contribution in [0.5, 0.6) is 0 Å². The number of carbonyl (C=O) groups excluding carboxylic acids is 3. The van der Waals surface area contributed by atoms with E-state index >= 15 is 0 Å². The van der Waals surface area contributed by atoms with Crippen LogP contribution in [-0.2, 0) is 28.6 Å². The second kappa shape index (κ2) is 17.8. The van der Waals surface area contributed by atoms with Gasteiger partial charge in [0.15, 0.2) is 5.92 Å². The third-order valence-electron chi connectivity index (χ3n) is 5.48. The molecule has 0 saturated heterocycles. The van der Waals surface area contributed by atoms with E-state index in [1.165, 1.54) is 58.5 Å². The van der Waals surface area contributed by atoms with Crippen LogP contribution < -0.4 is 0 Å². The minimum atomic E-state index is -0.848. The van der Waals surface area contributed by atoms with Crippen molar-refractivity contribution in [3.8, 4) is 0 Å². The van der Waals surface area contributed by atoms with E-state index in [2.05, 4.69) is 4.74 Å². The molecule has 0 spiro atoms. The fourth-order valence-electron chi connectivity index (χ4n) is 3.74. The van der Waals surface area contributed by atoms with Gasteiger partial charge in [-0.1, -0.05) is 77.0 Å². The van der Waals surface area contributed by atoms with Crippen molar-refractivity contribution in [1.82, 2.24) is 0 Å². The van der Waals surface area contributed by atoms with E-state index in [0.29, 0.717) is 12.8 Å². The molecule has 0 aromatic rings. The van der Waals surface area contributed by atoms with Gasteiger partial charge in [-0.3, -0.25) is 14.4 Å². The number of esters is 3. The molecule has 0 rings (SSSR count). The fourth-order valence-corrected chi connectivity index (χ4v) is 3.74. The van der Waals surface area contributed by atoms with Gasteiger partial charge in [0.1, 0.15) is 11.2 Å². The molecule has 34 heavy (non-hydrogen) atoms. The van der Waals surface area contributed by atoms with Crippen LogP contribution in [0.25, 0.3) is 0 Å². The highest BCUT2D eigenvalue weighted by Crippen LogP contribution is 2.21. The summed E-state index contributed by atoms with van der Waals surface area (Å²) in [6.07, 6.45) is 16.0. The predicted molar refractivity (Wildman–Crippen MR) is 136 cm³/mol. The molecule has 6 nitrogen and oxygen atoms in total. The summed E-state index contributed by atoms with van der Waals surface area (Å²) < 4.78 is 15.6. The molecule has 0 unspecified atom stereocenters. The van der Waals surface area contributed by atoms with Crippen molar-refractivity contribution in [2.75, 3.05) is 7.11 Å². The zero-order chi connectivity index (χ0) is 26.0. The summed E-state index contributed by atoms with van der Waals surface area (Å²) >= 11 is 0. The topological polar surface area (TPSA) is 78.9 Å². The lowest BCUT2D eigenvalue weighted by molar-refractivity contribution is -0.174. The van der Waals surface area contributed by atoms with Gasteiger partial charge in [0, 0.05) is 6.42 Å². The van der Waals surface area contributed by atoms with Gasteiger partial charge in [0.05, 0.1) is 7.11 Å². The highest BCUT2D eigenvalue weighted by atomic mass is 16.6. The third kappa shape index (κ3) is 19.8. The van der Waals surface area contributed by atoms with Gasteiger partial charge in [0.25, 0.3) is 0 Å². The summed E-state index contributed by atoms with van der Waals surface area (Å²) in [5.41, 5.74) is -1.25. The number of unbranched alkanes of at least 4 members (excludes halogenated alkanes) is 12. The smallest absolute Gasteiger partial charge is 0.320 e. The molecule has 0 N–H and O–H groups in total. The van der Waals surface area contributed by atoms with Crippen molar-refractivity contribution in [3.05, 3.63) is 0 Å². The Hall–Kier alpha value is -1.59. The first-order valence-electron chi connectivity index (χ1n) is 13.4. The standard InChI is InChI=1S/C28H52O6/c1-27(2,3)33-25(30)23(26(31)34-28(4,5)6)21-19-17-15-13-11-9-8-10-12-14-16-18-20-22-24(29)32-7/h23H,8-22H2,1-7H3. The first-order valence-corrected chi connectivity index (χ1v) is 13.4. The van der Waals surface area contributed by atoms with Crippen molar-refractivity contribution in [2.24, 2.45) is 5.92 Å². The molecule has 0 aliphatic carbocycles. The maximum Gasteiger partial charge on any atom is 0.320 e. The summed E-state index contributed by atoms with van der Waals surface area (Å²) in [5.74, 6) is -1.92. The molecule has 0 aliphatic rings. The number of ether oxygens (including phenoxy) is 3. The van der Waals surface area contributed by atoms with E-state index in [-0.39, 0.29) is 5.97 Å². The number of rotatable bonds is 18. The molecule has 0 aliphatic heterocycles. The molecule has 200 valence electrons. The normalized spacial score (nSPS) is 12.0. The number of carbonyl (C=O) groups is 3. The third-order valence-corrected chi connectivity index (χ3v) is 5.48. The molecule has 0 heterocycles. The van der Waals surface area contributed by atoms with Crippen molar-refractivity contribution in [2.45, 2.75) is 149 Å². The molecule has 6 heteroatoms. The maximum absolute atomic E-state index is 12.5. The Morgan fingerprint density at radius 3 is 1.21 bits per heavy atom. The lowest BCUT2D eigenvalue weighted by Gasteiger charge is -2.26. The quantitative estimate of drug-likeness (QED) is 0.0878. The molecular weight excluding hydrogens is 432 g/mol. The SMILES string of the molecule is COC(=O)CCCCCCCCCCCCCCCC(C(=O)OC(C)(C)C)C(=O)OC(C)(C)C. The van der Waals surface area contributed by atoms with Crippen LogP contribution in [0.4, 0.5) is 0 Å². The minimum absolute atomic E-state index is 0.106. The van der Waals surface area contributed by atoms with E-state index in [1.807, 2.05) is 41.5 Å². The van der Waals surface area contributed by atoms with Gasteiger partial charge in [-0.2, -0.15) is 0 Å². The Bertz CT molecular complexity index is 542. The highest BCUT2D eigenvalue weighted by Gasteiger charge is 2.34. The number of hydrogen-bond acceptors (Lipinski definition) is 6. The van der Waals surface area contributed by atoms with Crippen LogP contribution in [0.1, 0.15) is 138 Å². The Kier molecular flexibility index (Phi) is 17.0. The monoisotopic (exact) mass is 484 g/mol. The van der Waals surface area contributed by atoms with Crippen molar-refractivity contribution in [1.29, 1.82) is 0 Å². The van der Waals surface area contributed by atoms with E-state index in [0.717, 1.165) is 32.1 Å². The van der Waals surface area contributed by atoms with Gasteiger partial charge in [0.2, 0.25) is 0 Å². The Morgan fingerprint density at radius 2 is 0.882 bits per heavy atom. The molecule has 0 aromatic carbocycles. The van der Waals surface area contributed by atoms with Gasteiger partial charge >= 0.3 is 17.9 Å². The first-order chi connectivity index (χ1) is 15.9. The van der Waals surface area contributed by atoms with Crippen LogP contribution in [0.15, 0.2) is 0 Å².